The lowest BCUT2D eigenvalue weighted by Gasteiger charge is -2.35. The molecule has 1 fully saturated rings. The molecule has 0 radical (unpaired) electrons. The van der Waals surface area contributed by atoms with Crippen molar-refractivity contribution >= 4 is 11.6 Å². The number of nitrogens with one attached hydrogen (secondary N) is 1. The first-order valence-electron chi connectivity index (χ1n) is 6.74. The molecule has 18 heavy (non-hydrogen) atoms. The Balaban J connectivity index is 2.06. The normalized spacial score (nSPS) is 27.8. The van der Waals surface area contributed by atoms with Crippen LogP contribution in [0.1, 0.15) is 43.5 Å². The molecule has 0 saturated heterocycles. The van der Waals surface area contributed by atoms with Crippen molar-refractivity contribution in [3.8, 4) is 0 Å². The SMILES string of the molecule is CC1CCCC(C)C1Nc1ccc(C(N)=O)cc1. The summed E-state index contributed by atoms with van der Waals surface area (Å²) in [7, 11) is 0. The fourth-order valence-electron chi connectivity index (χ4n) is 2.89. The summed E-state index contributed by atoms with van der Waals surface area (Å²) in [5.41, 5.74) is 6.87. The van der Waals surface area contributed by atoms with E-state index in [4.69, 9.17) is 5.73 Å². The van der Waals surface area contributed by atoms with Gasteiger partial charge >= 0.3 is 0 Å². The van der Waals surface area contributed by atoms with Gasteiger partial charge < -0.3 is 11.1 Å². The highest BCUT2D eigenvalue weighted by molar-refractivity contribution is 5.93. The maximum atomic E-state index is 11.0. The Labute approximate surface area is 109 Å². The lowest BCUT2D eigenvalue weighted by molar-refractivity contribution is 0.100. The third-order valence-electron chi connectivity index (χ3n) is 4.05. The number of nitrogens with two attached hydrogens (primary N) is 1. The molecule has 0 spiro atoms. The Morgan fingerprint density at radius 3 is 2.22 bits per heavy atom. The fourth-order valence-corrected chi connectivity index (χ4v) is 2.89. The van der Waals surface area contributed by atoms with E-state index in [0.717, 1.165) is 5.69 Å². The molecule has 1 aromatic carbocycles. The van der Waals surface area contributed by atoms with Gasteiger partial charge in [0.1, 0.15) is 0 Å². The summed E-state index contributed by atoms with van der Waals surface area (Å²) in [6.45, 7) is 4.62. The minimum absolute atomic E-state index is 0.374. The van der Waals surface area contributed by atoms with Gasteiger partial charge in [0.15, 0.2) is 0 Å². The van der Waals surface area contributed by atoms with Crippen LogP contribution in [0.2, 0.25) is 0 Å². The van der Waals surface area contributed by atoms with E-state index in [1.165, 1.54) is 19.3 Å². The van der Waals surface area contributed by atoms with Gasteiger partial charge in [0, 0.05) is 17.3 Å². The summed E-state index contributed by atoms with van der Waals surface area (Å²) in [4.78, 5) is 11.0. The van der Waals surface area contributed by atoms with E-state index >= 15 is 0 Å². The van der Waals surface area contributed by atoms with Crippen molar-refractivity contribution < 1.29 is 4.79 Å². The van der Waals surface area contributed by atoms with Crippen molar-refractivity contribution in [2.24, 2.45) is 17.6 Å². The second kappa shape index (κ2) is 5.42. The lowest BCUT2D eigenvalue weighted by Crippen LogP contribution is -2.37. The van der Waals surface area contributed by atoms with Gasteiger partial charge in [0.2, 0.25) is 5.91 Å². The van der Waals surface area contributed by atoms with Crippen LogP contribution < -0.4 is 11.1 Å². The Kier molecular flexibility index (Phi) is 3.90. The van der Waals surface area contributed by atoms with Crippen molar-refractivity contribution in [3.63, 3.8) is 0 Å². The Morgan fingerprint density at radius 2 is 1.72 bits per heavy atom. The predicted molar refractivity (Wildman–Crippen MR) is 74.5 cm³/mol. The molecule has 0 heterocycles. The molecule has 3 N–H and O–H groups in total. The summed E-state index contributed by atoms with van der Waals surface area (Å²) in [5, 5.41) is 3.59. The quantitative estimate of drug-likeness (QED) is 0.861. The number of carbonyl (C=O) groups excluding carboxylic acids is 1. The largest absolute Gasteiger partial charge is 0.382 e. The first-order valence-corrected chi connectivity index (χ1v) is 6.74. The number of primary amides is 1. The molecule has 0 bridgehead atoms. The average molecular weight is 246 g/mol. The molecule has 1 saturated carbocycles. The first-order chi connectivity index (χ1) is 8.58. The summed E-state index contributed by atoms with van der Waals surface area (Å²) < 4.78 is 0. The van der Waals surface area contributed by atoms with E-state index in [0.29, 0.717) is 23.4 Å². The van der Waals surface area contributed by atoms with Gasteiger partial charge in [-0.1, -0.05) is 20.3 Å². The molecular weight excluding hydrogens is 224 g/mol. The number of anilines is 1. The third kappa shape index (κ3) is 2.84. The van der Waals surface area contributed by atoms with Gasteiger partial charge in [-0.3, -0.25) is 4.79 Å². The molecule has 98 valence electrons. The van der Waals surface area contributed by atoms with E-state index in [2.05, 4.69) is 19.2 Å². The molecule has 1 aromatic rings. The van der Waals surface area contributed by atoms with Gasteiger partial charge in [0.05, 0.1) is 0 Å². The lowest BCUT2D eigenvalue weighted by atomic mass is 9.78. The molecule has 3 heteroatoms. The predicted octanol–water partition coefficient (Wildman–Crippen LogP) is 3.02. The zero-order chi connectivity index (χ0) is 13.1. The third-order valence-corrected chi connectivity index (χ3v) is 4.05. The molecule has 2 atom stereocenters. The van der Waals surface area contributed by atoms with Crippen molar-refractivity contribution in [1.29, 1.82) is 0 Å². The van der Waals surface area contributed by atoms with Crippen LogP contribution >= 0.6 is 0 Å². The van der Waals surface area contributed by atoms with Crippen molar-refractivity contribution in [1.82, 2.24) is 0 Å². The van der Waals surface area contributed by atoms with E-state index in [9.17, 15) is 4.79 Å². The van der Waals surface area contributed by atoms with Crippen molar-refractivity contribution in [3.05, 3.63) is 29.8 Å². The van der Waals surface area contributed by atoms with E-state index in [1.807, 2.05) is 12.1 Å². The van der Waals surface area contributed by atoms with E-state index in [1.54, 1.807) is 12.1 Å². The number of hydrogen-bond acceptors (Lipinski definition) is 2. The minimum Gasteiger partial charge on any atom is -0.382 e. The number of amides is 1. The molecule has 1 aliphatic rings. The number of benzene rings is 1. The van der Waals surface area contributed by atoms with Crippen LogP contribution in [-0.2, 0) is 0 Å². The summed E-state index contributed by atoms with van der Waals surface area (Å²) in [6.07, 6.45) is 3.92. The van der Waals surface area contributed by atoms with E-state index < -0.39 is 0 Å². The summed E-state index contributed by atoms with van der Waals surface area (Å²) >= 11 is 0. The molecule has 2 rings (SSSR count). The minimum atomic E-state index is -0.374. The van der Waals surface area contributed by atoms with Gasteiger partial charge in [-0.2, -0.15) is 0 Å². The highest BCUT2D eigenvalue weighted by Gasteiger charge is 2.27. The van der Waals surface area contributed by atoms with Gasteiger partial charge in [-0.25, -0.2) is 0 Å². The Bertz CT molecular complexity index is 403. The van der Waals surface area contributed by atoms with Gasteiger partial charge in [-0.15, -0.1) is 0 Å². The number of carbonyl (C=O) groups is 1. The highest BCUT2D eigenvalue weighted by Crippen LogP contribution is 2.31. The van der Waals surface area contributed by atoms with Crippen LogP contribution in [-0.4, -0.2) is 11.9 Å². The Morgan fingerprint density at radius 1 is 1.17 bits per heavy atom. The zero-order valence-electron chi connectivity index (χ0n) is 11.1. The van der Waals surface area contributed by atoms with Crippen LogP contribution in [0.15, 0.2) is 24.3 Å². The zero-order valence-corrected chi connectivity index (χ0v) is 11.1. The second-order valence-electron chi connectivity index (χ2n) is 5.50. The summed E-state index contributed by atoms with van der Waals surface area (Å²) in [6, 6.07) is 7.96. The highest BCUT2D eigenvalue weighted by atomic mass is 16.1. The van der Waals surface area contributed by atoms with Crippen LogP contribution in [0, 0.1) is 11.8 Å². The van der Waals surface area contributed by atoms with Crippen molar-refractivity contribution in [2.75, 3.05) is 5.32 Å². The molecule has 0 aliphatic heterocycles. The van der Waals surface area contributed by atoms with Crippen LogP contribution in [0.5, 0.6) is 0 Å². The smallest absolute Gasteiger partial charge is 0.248 e. The Hall–Kier alpha value is -1.51. The van der Waals surface area contributed by atoms with Crippen LogP contribution in [0.4, 0.5) is 5.69 Å². The van der Waals surface area contributed by atoms with Crippen molar-refractivity contribution in [2.45, 2.75) is 39.2 Å². The van der Waals surface area contributed by atoms with Gasteiger partial charge in [0.25, 0.3) is 0 Å². The van der Waals surface area contributed by atoms with Crippen LogP contribution in [0.25, 0.3) is 0 Å². The van der Waals surface area contributed by atoms with Gasteiger partial charge in [-0.05, 0) is 48.9 Å². The second-order valence-corrected chi connectivity index (χ2v) is 5.50. The topological polar surface area (TPSA) is 55.1 Å². The number of rotatable bonds is 3. The molecule has 1 amide bonds. The molecule has 3 nitrogen and oxygen atoms in total. The molecule has 0 aromatic heterocycles. The standard InChI is InChI=1S/C15H22N2O/c1-10-4-3-5-11(2)14(10)17-13-8-6-12(7-9-13)15(16)18/h6-11,14,17H,3-5H2,1-2H3,(H2,16,18). The monoisotopic (exact) mass is 246 g/mol. The first kappa shape index (κ1) is 12.9. The fraction of sp³-hybridized carbons (Fsp3) is 0.533. The maximum absolute atomic E-state index is 11.0. The van der Waals surface area contributed by atoms with E-state index in [-0.39, 0.29) is 5.91 Å². The molecule has 2 unspecified atom stereocenters. The molecular formula is C15H22N2O. The summed E-state index contributed by atoms with van der Waals surface area (Å²) in [5.74, 6) is 1.02. The average Bonchev–Trinajstić information content (AvgIpc) is 2.34. The maximum Gasteiger partial charge on any atom is 0.248 e. The van der Waals surface area contributed by atoms with Crippen LogP contribution in [0.3, 0.4) is 0 Å². The number of hydrogen-bond donors (Lipinski definition) is 2. The molecule has 1 aliphatic carbocycles.